The average molecular weight is 263 g/mol. The van der Waals surface area contributed by atoms with Crippen molar-refractivity contribution in [1.82, 2.24) is 0 Å². The second-order valence-electron chi connectivity index (χ2n) is 4.45. The van der Waals surface area contributed by atoms with E-state index in [2.05, 4.69) is 5.16 Å². The highest BCUT2D eigenvalue weighted by molar-refractivity contribution is 5.85. The number of benzene rings is 1. The highest BCUT2D eigenvalue weighted by Crippen LogP contribution is 2.38. The van der Waals surface area contributed by atoms with Crippen molar-refractivity contribution in [2.24, 2.45) is 5.16 Å². The van der Waals surface area contributed by atoms with Crippen LogP contribution in [0.5, 0.6) is 5.75 Å². The van der Waals surface area contributed by atoms with Gasteiger partial charge in [-0.15, -0.1) is 0 Å². The summed E-state index contributed by atoms with van der Waals surface area (Å²) in [6, 6.07) is 7.12. The fourth-order valence-electron chi connectivity index (χ4n) is 2.06. The van der Waals surface area contributed by atoms with Gasteiger partial charge in [0.15, 0.2) is 0 Å². The summed E-state index contributed by atoms with van der Waals surface area (Å²) in [6.07, 6.45) is 3.52. The molecule has 1 saturated carbocycles. The molecule has 1 N–H and O–H groups in total. The molecule has 0 aromatic heterocycles. The number of nitrogens with zero attached hydrogens (tertiary/aromatic N) is 1. The van der Waals surface area contributed by atoms with Gasteiger partial charge in [0.2, 0.25) is 5.60 Å². The molecule has 1 aliphatic carbocycles. The summed E-state index contributed by atoms with van der Waals surface area (Å²) < 4.78 is 10.9. The van der Waals surface area contributed by atoms with Gasteiger partial charge >= 0.3 is 5.97 Å². The van der Waals surface area contributed by atoms with Gasteiger partial charge in [0.25, 0.3) is 0 Å². The van der Waals surface area contributed by atoms with Crippen LogP contribution in [0.2, 0.25) is 0 Å². The van der Waals surface area contributed by atoms with Crippen LogP contribution in [0.3, 0.4) is 0 Å². The number of esters is 1. The highest BCUT2D eigenvalue weighted by Gasteiger charge is 2.48. The minimum atomic E-state index is -0.880. The van der Waals surface area contributed by atoms with E-state index in [1.54, 1.807) is 19.1 Å². The fourth-order valence-corrected chi connectivity index (χ4v) is 2.06. The Balaban J connectivity index is 2.21. The molecule has 0 unspecified atom stereocenters. The van der Waals surface area contributed by atoms with E-state index in [0.717, 1.165) is 6.42 Å². The Kier molecular flexibility index (Phi) is 4.04. The number of para-hydroxylation sites is 1. The Morgan fingerprint density at radius 3 is 2.79 bits per heavy atom. The zero-order chi connectivity index (χ0) is 13.7. The largest absolute Gasteiger partial charge is 0.475 e. The highest BCUT2D eigenvalue weighted by atomic mass is 16.6. The number of hydrogen-bond acceptors (Lipinski definition) is 5. The standard InChI is InChI=1S/C14H17NO4/c1-2-18-13(16)14(8-5-9-14)19-12-7-4-3-6-11(12)10-15-17/h3-4,6-7,10,17H,2,5,8-9H2,1H3. The summed E-state index contributed by atoms with van der Waals surface area (Å²) in [4.78, 5) is 12.0. The second kappa shape index (κ2) is 5.73. The zero-order valence-corrected chi connectivity index (χ0v) is 10.8. The lowest BCUT2D eigenvalue weighted by Gasteiger charge is -2.39. The maximum Gasteiger partial charge on any atom is 0.350 e. The maximum absolute atomic E-state index is 12.0. The van der Waals surface area contributed by atoms with Gasteiger partial charge in [-0.2, -0.15) is 0 Å². The van der Waals surface area contributed by atoms with Crippen molar-refractivity contribution in [1.29, 1.82) is 0 Å². The molecule has 1 aliphatic rings. The third-order valence-corrected chi connectivity index (χ3v) is 3.23. The van der Waals surface area contributed by atoms with Crippen molar-refractivity contribution >= 4 is 12.2 Å². The molecule has 2 rings (SSSR count). The van der Waals surface area contributed by atoms with E-state index in [9.17, 15) is 4.79 Å². The van der Waals surface area contributed by atoms with Gasteiger partial charge in [-0.1, -0.05) is 17.3 Å². The summed E-state index contributed by atoms with van der Waals surface area (Å²) in [7, 11) is 0. The molecule has 19 heavy (non-hydrogen) atoms. The van der Waals surface area contributed by atoms with E-state index in [4.69, 9.17) is 14.7 Å². The number of oxime groups is 1. The molecule has 1 aromatic rings. The summed E-state index contributed by atoms with van der Waals surface area (Å²) in [5, 5.41) is 11.6. The minimum Gasteiger partial charge on any atom is -0.475 e. The van der Waals surface area contributed by atoms with Gasteiger partial charge in [0.05, 0.1) is 12.8 Å². The predicted molar refractivity (Wildman–Crippen MR) is 69.7 cm³/mol. The topological polar surface area (TPSA) is 68.1 Å². The number of ether oxygens (including phenoxy) is 2. The summed E-state index contributed by atoms with van der Waals surface area (Å²) in [6.45, 7) is 2.11. The van der Waals surface area contributed by atoms with Crippen LogP contribution in [0, 0.1) is 0 Å². The summed E-state index contributed by atoms with van der Waals surface area (Å²) in [5.74, 6) is 0.199. The van der Waals surface area contributed by atoms with E-state index in [0.29, 0.717) is 30.8 Å². The summed E-state index contributed by atoms with van der Waals surface area (Å²) >= 11 is 0. The lowest BCUT2D eigenvalue weighted by molar-refractivity contribution is -0.169. The molecule has 5 nitrogen and oxygen atoms in total. The number of rotatable bonds is 5. The van der Waals surface area contributed by atoms with Gasteiger partial charge in [0, 0.05) is 5.56 Å². The second-order valence-corrected chi connectivity index (χ2v) is 4.45. The zero-order valence-electron chi connectivity index (χ0n) is 10.8. The monoisotopic (exact) mass is 263 g/mol. The lowest BCUT2D eigenvalue weighted by atomic mass is 9.80. The first-order valence-electron chi connectivity index (χ1n) is 6.34. The number of carbonyl (C=O) groups excluding carboxylic acids is 1. The molecule has 0 radical (unpaired) electrons. The molecular weight excluding hydrogens is 246 g/mol. The third-order valence-electron chi connectivity index (χ3n) is 3.23. The van der Waals surface area contributed by atoms with Crippen LogP contribution in [0.1, 0.15) is 31.7 Å². The van der Waals surface area contributed by atoms with E-state index in [-0.39, 0.29) is 5.97 Å². The van der Waals surface area contributed by atoms with Gasteiger partial charge < -0.3 is 14.7 Å². The molecule has 1 aromatic carbocycles. The Bertz CT molecular complexity index is 480. The molecule has 1 fully saturated rings. The van der Waals surface area contributed by atoms with E-state index in [1.807, 2.05) is 12.1 Å². The van der Waals surface area contributed by atoms with Crippen LogP contribution in [0.4, 0.5) is 0 Å². The van der Waals surface area contributed by atoms with Crippen LogP contribution in [-0.4, -0.2) is 29.6 Å². The van der Waals surface area contributed by atoms with Crippen molar-refractivity contribution in [2.45, 2.75) is 31.8 Å². The summed E-state index contributed by atoms with van der Waals surface area (Å²) in [5.41, 5.74) is -0.254. The van der Waals surface area contributed by atoms with E-state index >= 15 is 0 Å². The SMILES string of the molecule is CCOC(=O)C1(Oc2ccccc2C=NO)CCC1. The van der Waals surface area contributed by atoms with Crippen molar-refractivity contribution in [3.8, 4) is 5.75 Å². The molecule has 0 bridgehead atoms. The Morgan fingerprint density at radius 2 is 2.21 bits per heavy atom. The van der Waals surface area contributed by atoms with Crippen molar-refractivity contribution in [3.05, 3.63) is 29.8 Å². The van der Waals surface area contributed by atoms with E-state index in [1.165, 1.54) is 6.21 Å². The van der Waals surface area contributed by atoms with Crippen LogP contribution in [0.15, 0.2) is 29.4 Å². The van der Waals surface area contributed by atoms with Gasteiger partial charge in [-0.3, -0.25) is 0 Å². The molecule has 0 amide bonds. The molecule has 5 heteroatoms. The Morgan fingerprint density at radius 1 is 1.47 bits per heavy atom. The lowest BCUT2D eigenvalue weighted by Crippen LogP contribution is -2.51. The van der Waals surface area contributed by atoms with Gasteiger partial charge in [0.1, 0.15) is 5.75 Å². The average Bonchev–Trinajstić information content (AvgIpc) is 2.36. The van der Waals surface area contributed by atoms with Crippen LogP contribution in [0.25, 0.3) is 0 Å². The predicted octanol–water partition coefficient (Wildman–Crippen LogP) is 2.36. The Labute approximate surface area is 111 Å². The number of carbonyl (C=O) groups is 1. The molecule has 0 saturated heterocycles. The van der Waals surface area contributed by atoms with Crippen LogP contribution < -0.4 is 4.74 Å². The van der Waals surface area contributed by atoms with E-state index < -0.39 is 5.60 Å². The van der Waals surface area contributed by atoms with Crippen molar-refractivity contribution < 1.29 is 19.5 Å². The van der Waals surface area contributed by atoms with Crippen LogP contribution >= 0.6 is 0 Å². The molecular formula is C14H17NO4. The normalized spacial score (nSPS) is 16.9. The van der Waals surface area contributed by atoms with Crippen molar-refractivity contribution in [2.75, 3.05) is 6.61 Å². The van der Waals surface area contributed by atoms with Gasteiger partial charge in [-0.05, 0) is 38.3 Å². The molecule has 0 heterocycles. The Hall–Kier alpha value is -2.04. The maximum atomic E-state index is 12.0. The van der Waals surface area contributed by atoms with Crippen molar-refractivity contribution in [3.63, 3.8) is 0 Å². The molecule has 102 valence electrons. The smallest absolute Gasteiger partial charge is 0.350 e. The first-order valence-corrected chi connectivity index (χ1v) is 6.34. The first-order chi connectivity index (χ1) is 9.22. The fraction of sp³-hybridized carbons (Fsp3) is 0.429. The van der Waals surface area contributed by atoms with Crippen LogP contribution in [-0.2, 0) is 9.53 Å². The third kappa shape index (κ3) is 2.70. The molecule has 0 aliphatic heterocycles. The first kappa shape index (κ1) is 13.4. The minimum absolute atomic E-state index is 0.322. The molecule has 0 spiro atoms. The number of hydrogen-bond donors (Lipinski definition) is 1. The van der Waals surface area contributed by atoms with Gasteiger partial charge in [-0.25, -0.2) is 4.79 Å². The molecule has 0 atom stereocenters. The quantitative estimate of drug-likeness (QED) is 0.383.